The third kappa shape index (κ3) is 5.37. The molecule has 0 unspecified atom stereocenters. The van der Waals surface area contributed by atoms with Crippen molar-refractivity contribution in [2.75, 3.05) is 19.5 Å². The molecule has 6 nitrogen and oxygen atoms in total. The van der Waals surface area contributed by atoms with Crippen LogP contribution in [0.5, 0.6) is 0 Å². The van der Waals surface area contributed by atoms with Gasteiger partial charge in [-0.15, -0.1) is 11.8 Å². The summed E-state index contributed by atoms with van der Waals surface area (Å²) in [5, 5.41) is 19.1. The van der Waals surface area contributed by atoms with Gasteiger partial charge in [0.05, 0.1) is 19.3 Å². The summed E-state index contributed by atoms with van der Waals surface area (Å²) in [6.07, 6.45) is 5.61. The van der Waals surface area contributed by atoms with Crippen molar-refractivity contribution in [1.82, 2.24) is 0 Å². The average molecular weight is 376 g/mol. The zero-order valence-electron chi connectivity index (χ0n) is 15.5. The smallest absolute Gasteiger partial charge is 0.350 e. The van der Waals surface area contributed by atoms with Crippen molar-refractivity contribution in [3.05, 3.63) is 21.6 Å². The number of nitrogens with zero attached hydrogens (tertiary/aromatic N) is 2. The summed E-state index contributed by atoms with van der Waals surface area (Å²) in [6, 6.07) is 3.98. The molecule has 1 atom stereocenters. The molecule has 0 aliphatic heterocycles. The Bertz CT molecular complexity index is 683. The predicted octanol–water partition coefficient (Wildman–Crippen LogP) is 3.65. The molecular formula is C19H24N2O4S. The average Bonchev–Trinajstić information content (AvgIpc) is 2.86. The lowest BCUT2D eigenvalue weighted by molar-refractivity contribution is -0.145. The number of carbonyl (C=O) groups is 2. The molecule has 0 saturated heterocycles. The number of rotatable bonds is 7. The van der Waals surface area contributed by atoms with Crippen molar-refractivity contribution in [3.63, 3.8) is 0 Å². The summed E-state index contributed by atoms with van der Waals surface area (Å²) in [6.45, 7) is 3.73. The molecule has 0 radical (unpaired) electrons. The minimum atomic E-state index is -1.02. The van der Waals surface area contributed by atoms with E-state index < -0.39 is 17.9 Å². The van der Waals surface area contributed by atoms with Gasteiger partial charge in [0.2, 0.25) is 0 Å². The molecule has 7 heteroatoms. The molecule has 0 saturated carbocycles. The number of carbonyl (C=O) groups excluding carboxylic acids is 2. The van der Waals surface area contributed by atoms with Crippen LogP contribution in [-0.4, -0.2) is 31.4 Å². The van der Waals surface area contributed by atoms with E-state index in [0.717, 1.165) is 24.8 Å². The van der Waals surface area contributed by atoms with Gasteiger partial charge in [-0.1, -0.05) is 6.42 Å². The zero-order valence-corrected chi connectivity index (χ0v) is 16.3. The number of nitriles is 2. The van der Waals surface area contributed by atoms with E-state index in [0.29, 0.717) is 23.3 Å². The molecule has 0 bridgehead atoms. The maximum absolute atomic E-state index is 12.3. The van der Waals surface area contributed by atoms with E-state index in [9.17, 15) is 20.1 Å². The summed E-state index contributed by atoms with van der Waals surface area (Å²) < 4.78 is 10.0. The van der Waals surface area contributed by atoms with Gasteiger partial charge in [0, 0.05) is 4.91 Å². The topological polar surface area (TPSA) is 100 Å². The standard InChI is InChI=1S/C19H24N2O4S/c1-4-24-18(22)15(11-20)13-9-7-6-8-10-14(13)17(26-3)16(12-21)19(23)25-5-2/h15H,4-10H2,1-3H3/b17-16+/t15-/m0/s1. The summed E-state index contributed by atoms with van der Waals surface area (Å²) in [4.78, 5) is 24.9. The Morgan fingerprint density at radius 3 is 2.31 bits per heavy atom. The Balaban J connectivity index is 3.57. The van der Waals surface area contributed by atoms with E-state index in [2.05, 4.69) is 0 Å². The van der Waals surface area contributed by atoms with Crippen molar-refractivity contribution in [3.8, 4) is 12.1 Å². The molecule has 26 heavy (non-hydrogen) atoms. The first kappa shape index (κ1) is 21.8. The van der Waals surface area contributed by atoms with Crippen LogP contribution < -0.4 is 0 Å². The van der Waals surface area contributed by atoms with Crippen LogP contribution in [0.1, 0.15) is 46.0 Å². The third-order valence-electron chi connectivity index (χ3n) is 4.06. The summed E-state index contributed by atoms with van der Waals surface area (Å²) in [5.41, 5.74) is 1.32. The van der Waals surface area contributed by atoms with Crippen LogP contribution >= 0.6 is 11.8 Å². The SMILES string of the molecule is CCOC(=O)/C(C#N)=C(/SC)C1=C([C@H](C#N)C(=O)OCC)CCCCC1. The van der Waals surface area contributed by atoms with E-state index in [4.69, 9.17) is 9.47 Å². The second kappa shape index (κ2) is 11.4. The first-order valence-electron chi connectivity index (χ1n) is 8.69. The molecule has 0 aromatic heterocycles. The minimum absolute atomic E-state index is 0.0747. The Morgan fingerprint density at radius 1 is 1.12 bits per heavy atom. The minimum Gasteiger partial charge on any atom is -0.465 e. The quantitative estimate of drug-likeness (QED) is 0.380. The molecular weight excluding hydrogens is 352 g/mol. The number of thioether (sulfide) groups is 1. The fraction of sp³-hybridized carbons (Fsp3) is 0.579. The van der Waals surface area contributed by atoms with Gasteiger partial charge in [0.25, 0.3) is 0 Å². The zero-order chi connectivity index (χ0) is 19.5. The second-order valence-electron chi connectivity index (χ2n) is 5.62. The lowest BCUT2D eigenvalue weighted by atomic mass is 9.90. The Kier molecular flexibility index (Phi) is 9.54. The lowest BCUT2D eigenvalue weighted by Gasteiger charge is -2.19. The van der Waals surface area contributed by atoms with Gasteiger partial charge >= 0.3 is 11.9 Å². The van der Waals surface area contributed by atoms with Crippen LogP contribution in [0.25, 0.3) is 0 Å². The van der Waals surface area contributed by atoms with Gasteiger partial charge in [-0.05, 0) is 56.9 Å². The molecule has 0 fully saturated rings. The number of hydrogen-bond donors (Lipinski definition) is 0. The number of esters is 2. The molecule has 0 amide bonds. The van der Waals surface area contributed by atoms with E-state index in [1.54, 1.807) is 20.1 Å². The summed E-state index contributed by atoms with van der Waals surface area (Å²) in [5.74, 6) is -2.29. The molecule has 0 aromatic rings. The van der Waals surface area contributed by atoms with Gasteiger partial charge in [-0.25, -0.2) is 4.79 Å². The Morgan fingerprint density at radius 2 is 1.77 bits per heavy atom. The van der Waals surface area contributed by atoms with Crippen LogP contribution in [0.4, 0.5) is 0 Å². The molecule has 1 rings (SSSR count). The highest BCUT2D eigenvalue weighted by Gasteiger charge is 2.30. The highest BCUT2D eigenvalue weighted by Crippen LogP contribution is 2.38. The largest absolute Gasteiger partial charge is 0.465 e. The van der Waals surface area contributed by atoms with Crippen molar-refractivity contribution >= 4 is 23.7 Å². The summed E-state index contributed by atoms with van der Waals surface area (Å²) in [7, 11) is 0. The van der Waals surface area contributed by atoms with Gasteiger partial charge in [0.15, 0.2) is 11.5 Å². The maximum Gasteiger partial charge on any atom is 0.350 e. The highest BCUT2D eigenvalue weighted by atomic mass is 32.2. The van der Waals surface area contributed by atoms with E-state index in [-0.39, 0.29) is 18.8 Å². The fourth-order valence-electron chi connectivity index (χ4n) is 2.95. The van der Waals surface area contributed by atoms with Crippen LogP contribution in [0.3, 0.4) is 0 Å². The number of hydrogen-bond acceptors (Lipinski definition) is 7. The molecule has 0 heterocycles. The second-order valence-corrected chi connectivity index (χ2v) is 6.44. The fourth-order valence-corrected chi connectivity index (χ4v) is 3.76. The van der Waals surface area contributed by atoms with Crippen LogP contribution in [0.2, 0.25) is 0 Å². The number of ether oxygens (including phenoxy) is 2. The normalized spacial score (nSPS) is 16.5. The first-order valence-corrected chi connectivity index (χ1v) is 9.92. The Hall–Kier alpha value is -2.25. The van der Waals surface area contributed by atoms with Gasteiger partial charge in [0.1, 0.15) is 6.07 Å². The lowest BCUT2D eigenvalue weighted by Crippen LogP contribution is -2.20. The van der Waals surface area contributed by atoms with E-state index >= 15 is 0 Å². The van der Waals surface area contributed by atoms with E-state index in [1.165, 1.54) is 11.8 Å². The van der Waals surface area contributed by atoms with Gasteiger partial charge in [-0.2, -0.15) is 10.5 Å². The molecule has 0 spiro atoms. The predicted molar refractivity (Wildman–Crippen MR) is 98.6 cm³/mol. The van der Waals surface area contributed by atoms with Crippen molar-refractivity contribution in [2.45, 2.75) is 46.0 Å². The van der Waals surface area contributed by atoms with Gasteiger partial charge in [-0.3, -0.25) is 4.79 Å². The van der Waals surface area contributed by atoms with Crippen LogP contribution in [-0.2, 0) is 19.1 Å². The molecule has 1 aliphatic carbocycles. The van der Waals surface area contributed by atoms with Crippen molar-refractivity contribution in [2.24, 2.45) is 5.92 Å². The van der Waals surface area contributed by atoms with Gasteiger partial charge < -0.3 is 9.47 Å². The monoisotopic (exact) mass is 376 g/mol. The van der Waals surface area contributed by atoms with E-state index in [1.807, 2.05) is 12.1 Å². The van der Waals surface area contributed by atoms with Crippen LogP contribution in [0, 0.1) is 28.6 Å². The van der Waals surface area contributed by atoms with Crippen molar-refractivity contribution < 1.29 is 19.1 Å². The number of allylic oxidation sites excluding steroid dienone is 1. The van der Waals surface area contributed by atoms with Crippen LogP contribution in [0.15, 0.2) is 21.6 Å². The molecule has 1 aliphatic rings. The maximum atomic E-state index is 12.3. The Labute approximate surface area is 158 Å². The molecule has 0 N–H and O–H groups in total. The summed E-state index contributed by atoms with van der Waals surface area (Å²) >= 11 is 1.27. The highest BCUT2D eigenvalue weighted by molar-refractivity contribution is 8.02. The first-order chi connectivity index (χ1) is 12.5. The molecule has 140 valence electrons. The third-order valence-corrected chi connectivity index (χ3v) is 4.92. The van der Waals surface area contributed by atoms with Crippen molar-refractivity contribution in [1.29, 1.82) is 10.5 Å². The molecule has 0 aromatic carbocycles.